The van der Waals surface area contributed by atoms with Gasteiger partial charge in [-0.1, -0.05) is 23.7 Å². The maximum absolute atomic E-state index is 11.9. The van der Waals surface area contributed by atoms with Gasteiger partial charge in [-0.25, -0.2) is 13.1 Å². The zero-order valence-electron chi connectivity index (χ0n) is 11.2. The molecule has 1 atom stereocenters. The number of hydrogen-bond acceptors (Lipinski definition) is 4. The Hall–Kier alpha value is -1.34. The van der Waals surface area contributed by atoms with Gasteiger partial charge in [0.1, 0.15) is 11.9 Å². The van der Waals surface area contributed by atoms with E-state index in [1.54, 1.807) is 36.4 Å². The first-order valence-electron chi connectivity index (χ1n) is 6.39. The van der Waals surface area contributed by atoms with Gasteiger partial charge in [-0.15, -0.1) is 0 Å². The lowest BCUT2D eigenvalue weighted by Gasteiger charge is -2.10. The van der Waals surface area contributed by atoms with E-state index in [1.165, 1.54) is 6.26 Å². The maximum Gasteiger partial charge on any atom is 0.215 e. The summed E-state index contributed by atoms with van der Waals surface area (Å²) >= 11 is 5.82. The summed E-state index contributed by atoms with van der Waals surface area (Å²) in [5, 5.41) is 10.3. The molecule has 0 aliphatic carbocycles. The molecule has 7 heteroatoms. The van der Waals surface area contributed by atoms with Crippen LogP contribution < -0.4 is 4.72 Å². The molecule has 0 aliphatic rings. The van der Waals surface area contributed by atoms with Gasteiger partial charge in [0, 0.05) is 11.6 Å². The molecule has 0 radical (unpaired) electrons. The Morgan fingerprint density at radius 1 is 1.29 bits per heavy atom. The average Bonchev–Trinajstić information content (AvgIpc) is 2.91. The Bertz CT molecular complexity index is 670. The number of hydrogen-bond donors (Lipinski definition) is 2. The van der Waals surface area contributed by atoms with E-state index in [0.29, 0.717) is 16.3 Å². The van der Waals surface area contributed by atoms with Crippen LogP contribution in [0.4, 0.5) is 0 Å². The second-order valence-corrected chi connectivity index (χ2v) is 6.85. The monoisotopic (exact) mass is 329 g/mol. The van der Waals surface area contributed by atoms with Crippen LogP contribution in [0.1, 0.15) is 23.8 Å². The van der Waals surface area contributed by atoms with Gasteiger partial charge in [-0.05, 0) is 36.2 Å². The van der Waals surface area contributed by atoms with Gasteiger partial charge in [0.25, 0.3) is 0 Å². The largest absolute Gasteiger partial charge is 0.467 e. The second-order valence-electron chi connectivity index (χ2n) is 4.60. The van der Waals surface area contributed by atoms with Crippen LogP contribution in [0.5, 0.6) is 0 Å². The zero-order chi connectivity index (χ0) is 15.3. The minimum absolute atomic E-state index is 0.130. The van der Waals surface area contributed by atoms with Crippen LogP contribution in [0, 0.1) is 0 Å². The molecule has 0 bridgehead atoms. The van der Waals surface area contributed by atoms with Crippen molar-refractivity contribution in [3.05, 3.63) is 59.0 Å². The topological polar surface area (TPSA) is 79.5 Å². The summed E-state index contributed by atoms with van der Waals surface area (Å²) in [6.07, 6.45) is 0.873. The predicted octanol–water partition coefficient (Wildman–Crippen LogP) is 2.48. The number of nitrogens with one attached hydrogen (secondary N) is 1. The SMILES string of the molecule is O=S(=O)(Cc1cccc(Cl)c1)NCCC(O)c1ccco1. The standard InChI is InChI=1S/C14H16ClNO4S/c15-12-4-1-3-11(9-12)10-21(18,19)16-7-6-13(17)14-5-2-8-20-14/h1-5,8-9,13,16-17H,6-7,10H2. The van der Waals surface area contributed by atoms with Crippen LogP contribution in [-0.2, 0) is 15.8 Å². The highest BCUT2D eigenvalue weighted by molar-refractivity contribution is 7.88. The van der Waals surface area contributed by atoms with Crippen molar-refractivity contribution < 1.29 is 17.9 Å². The Balaban J connectivity index is 1.84. The lowest BCUT2D eigenvalue weighted by atomic mass is 10.2. The van der Waals surface area contributed by atoms with Gasteiger partial charge in [0.15, 0.2) is 0 Å². The molecule has 1 heterocycles. The van der Waals surface area contributed by atoms with Crippen molar-refractivity contribution in [1.82, 2.24) is 4.72 Å². The van der Waals surface area contributed by atoms with E-state index in [-0.39, 0.29) is 18.7 Å². The summed E-state index contributed by atoms with van der Waals surface area (Å²) in [5.74, 6) is 0.272. The quantitative estimate of drug-likeness (QED) is 0.818. The van der Waals surface area contributed by atoms with Gasteiger partial charge in [-0.3, -0.25) is 0 Å². The first kappa shape index (κ1) is 16.0. The molecule has 0 saturated heterocycles. The van der Waals surface area contributed by atoms with E-state index in [9.17, 15) is 13.5 Å². The highest BCUT2D eigenvalue weighted by Crippen LogP contribution is 2.16. The molecule has 0 fully saturated rings. The summed E-state index contributed by atoms with van der Waals surface area (Å²) in [5.41, 5.74) is 0.613. The van der Waals surface area contributed by atoms with Gasteiger partial charge in [-0.2, -0.15) is 0 Å². The molecule has 1 unspecified atom stereocenters. The lowest BCUT2D eigenvalue weighted by Crippen LogP contribution is -2.27. The third-order valence-electron chi connectivity index (χ3n) is 2.86. The van der Waals surface area contributed by atoms with E-state index in [0.717, 1.165) is 0 Å². The van der Waals surface area contributed by atoms with E-state index in [4.69, 9.17) is 16.0 Å². The zero-order valence-corrected chi connectivity index (χ0v) is 12.8. The number of rotatable bonds is 7. The highest BCUT2D eigenvalue weighted by Gasteiger charge is 2.14. The normalized spacial score (nSPS) is 13.2. The molecule has 1 aromatic heterocycles. The predicted molar refractivity (Wildman–Crippen MR) is 80.4 cm³/mol. The molecular formula is C14H16ClNO4S. The minimum atomic E-state index is -3.47. The van der Waals surface area contributed by atoms with Crippen molar-refractivity contribution in [2.24, 2.45) is 0 Å². The van der Waals surface area contributed by atoms with E-state index in [1.807, 2.05) is 0 Å². The number of halogens is 1. The molecule has 2 rings (SSSR count). The summed E-state index contributed by atoms with van der Waals surface area (Å²) < 4.78 is 31.3. The van der Waals surface area contributed by atoms with Crippen molar-refractivity contribution >= 4 is 21.6 Å². The Morgan fingerprint density at radius 2 is 2.10 bits per heavy atom. The molecule has 1 aromatic carbocycles. The fourth-order valence-corrected chi connectivity index (χ4v) is 3.23. The third kappa shape index (κ3) is 5.17. The third-order valence-corrected chi connectivity index (χ3v) is 4.45. The highest BCUT2D eigenvalue weighted by atomic mass is 35.5. The number of sulfonamides is 1. The first-order valence-corrected chi connectivity index (χ1v) is 8.42. The number of aliphatic hydroxyl groups is 1. The van der Waals surface area contributed by atoms with E-state index < -0.39 is 16.1 Å². The Kier molecular flexibility index (Phi) is 5.41. The Labute approximate surface area is 128 Å². The molecule has 2 N–H and O–H groups in total. The van der Waals surface area contributed by atoms with Gasteiger partial charge >= 0.3 is 0 Å². The maximum atomic E-state index is 11.9. The van der Waals surface area contributed by atoms with Gasteiger partial charge in [0.2, 0.25) is 10.0 Å². The van der Waals surface area contributed by atoms with E-state index >= 15 is 0 Å². The molecule has 114 valence electrons. The molecule has 0 aliphatic heterocycles. The smallest absolute Gasteiger partial charge is 0.215 e. The van der Waals surface area contributed by atoms with Crippen molar-refractivity contribution in [2.75, 3.05) is 6.54 Å². The summed E-state index contributed by atoms with van der Waals surface area (Å²) in [4.78, 5) is 0. The second kappa shape index (κ2) is 7.09. The van der Waals surface area contributed by atoms with Gasteiger partial charge < -0.3 is 9.52 Å². The van der Waals surface area contributed by atoms with Crippen molar-refractivity contribution in [3.8, 4) is 0 Å². The molecule has 0 amide bonds. The van der Waals surface area contributed by atoms with Crippen LogP contribution in [0.25, 0.3) is 0 Å². The summed E-state index contributed by atoms with van der Waals surface area (Å²) in [7, 11) is -3.47. The molecular weight excluding hydrogens is 314 g/mol. The van der Waals surface area contributed by atoms with Crippen LogP contribution in [-0.4, -0.2) is 20.1 Å². The van der Waals surface area contributed by atoms with Crippen LogP contribution in [0.3, 0.4) is 0 Å². The fraction of sp³-hybridized carbons (Fsp3) is 0.286. The van der Waals surface area contributed by atoms with Crippen LogP contribution in [0.15, 0.2) is 47.1 Å². The van der Waals surface area contributed by atoms with E-state index in [2.05, 4.69) is 4.72 Å². The Morgan fingerprint density at radius 3 is 2.76 bits per heavy atom. The van der Waals surface area contributed by atoms with Crippen molar-refractivity contribution in [1.29, 1.82) is 0 Å². The summed E-state index contributed by atoms with van der Waals surface area (Å²) in [6.45, 7) is 0.130. The van der Waals surface area contributed by atoms with Crippen LogP contribution >= 0.6 is 11.6 Å². The molecule has 21 heavy (non-hydrogen) atoms. The summed E-state index contributed by atoms with van der Waals surface area (Å²) in [6, 6.07) is 10.0. The first-order chi connectivity index (χ1) is 9.96. The number of aliphatic hydroxyl groups excluding tert-OH is 1. The van der Waals surface area contributed by atoms with Gasteiger partial charge in [0.05, 0.1) is 12.0 Å². The molecule has 5 nitrogen and oxygen atoms in total. The minimum Gasteiger partial charge on any atom is -0.467 e. The molecule has 0 spiro atoms. The lowest BCUT2D eigenvalue weighted by molar-refractivity contribution is 0.142. The van der Waals surface area contributed by atoms with Crippen LogP contribution in [0.2, 0.25) is 5.02 Å². The molecule has 0 saturated carbocycles. The molecule has 2 aromatic rings. The fourth-order valence-electron chi connectivity index (χ4n) is 1.87. The van der Waals surface area contributed by atoms with Crippen molar-refractivity contribution in [2.45, 2.75) is 18.3 Å². The average molecular weight is 330 g/mol. The van der Waals surface area contributed by atoms with Crippen molar-refractivity contribution in [3.63, 3.8) is 0 Å². The number of benzene rings is 1. The number of furan rings is 1.